The number of nitrogens with one attached hydrogen (secondary N) is 1. The van der Waals surface area contributed by atoms with Crippen molar-refractivity contribution in [3.8, 4) is 0 Å². The molecule has 2 amide bonds. The van der Waals surface area contributed by atoms with Gasteiger partial charge in [-0.2, -0.15) is 0 Å². The predicted molar refractivity (Wildman–Crippen MR) is 90.9 cm³/mol. The number of hydrogen-bond acceptors (Lipinski definition) is 3. The van der Waals surface area contributed by atoms with Crippen molar-refractivity contribution in [2.75, 3.05) is 19.4 Å². The Morgan fingerprint density at radius 2 is 1.65 bits per heavy atom. The van der Waals surface area contributed by atoms with Crippen LogP contribution in [0.25, 0.3) is 0 Å². The monoisotopic (exact) mass is 311 g/mol. The molecule has 0 fully saturated rings. The highest BCUT2D eigenvalue weighted by atomic mass is 16.2. The van der Waals surface area contributed by atoms with Gasteiger partial charge in [0.25, 0.3) is 11.8 Å². The number of aryl methyl sites for hydroxylation is 2. The van der Waals surface area contributed by atoms with Crippen molar-refractivity contribution < 1.29 is 9.59 Å². The van der Waals surface area contributed by atoms with Crippen LogP contribution in [0.1, 0.15) is 37.7 Å². The molecule has 2 rings (SSSR count). The van der Waals surface area contributed by atoms with E-state index in [2.05, 4.69) is 10.3 Å². The van der Waals surface area contributed by atoms with Crippen LogP contribution in [-0.2, 0) is 0 Å². The Hall–Kier alpha value is -2.69. The van der Waals surface area contributed by atoms with Gasteiger partial charge in [-0.25, -0.2) is 0 Å². The summed E-state index contributed by atoms with van der Waals surface area (Å²) in [4.78, 5) is 30.4. The highest BCUT2D eigenvalue weighted by Gasteiger charge is 2.15. The first kappa shape index (κ1) is 16.7. The zero-order chi connectivity index (χ0) is 17.1. The van der Waals surface area contributed by atoms with E-state index in [1.54, 1.807) is 44.4 Å². The summed E-state index contributed by atoms with van der Waals surface area (Å²) < 4.78 is 0. The van der Waals surface area contributed by atoms with Crippen LogP contribution in [0.2, 0.25) is 0 Å². The molecule has 0 aliphatic carbocycles. The third kappa shape index (κ3) is 3.74. The highest BCUT2D eigenvalue weighted by molar-refractivity contribution is 6.06. The zero-order valence-corrected chi connectivity index (χ0v) is 14.1. The van der Waals surface area contributed by atoms with Gasteiger partial charge in [-0.05, 0) is 50.6 Å². The van der Waals surface area contributed by atoms with E-state index in [0.29, 0.717) is 16.8 Å². The molecule has 5 heteroatoms. The van der Waals surface area contributed by atoms with E-state index in [1.807, 2.05) is 20.8 Å². The van der Waals surface area contributed by atoms with Gasteiger partial charge in [-0.15, -0.1) is 0 Å². The number of rotatable bonds is 3. The fourth-order valence-corrected chi connectivity index (χ4v) is 2.40. The smallest absolute Gasteiger partial charge is 0.255 e. The third-order valence-corrected chi connectivity index (χ3v) is 3.56. The highest BCUT2D eigenvalue weighted by Crippen LogP contribution is 2.21. The minimum absolute atomic E-state index is 0.0887. The van der Waals surface area contributed by atoms with Crippen molar-refractivity contribution in [1.82, 2.24) is 9.88 Å². The molecule has 1 aromatic carbocycles. The molecule has 2 aromatic rings. The summed E-state index contributed by atoms with van der Waals surface area (Å²) in [5.74, 6) is -0.301. The molecule has 0 aliphatic heterocycles. The lowest BCUT2D eigenvalue weighted by molar-refractivity contribution is 0.0826. The van der Waals surface area contributed by atoms with Gasteiger partial charge in [0.05, 0.1) is 0 Å². The third-order valence-electron chi connectivity index (χ3n) is 3.56. The van der Waals surface area contributed by atoms with Gasteiger partial charge in [0.2, 0.25) is 0 Å². The number of nitrogens with zero attached hydrogens (tertiary/aromatic N) is 2. The van der Waals surface area contributed by atoms with Crippen molar-refractivity contribution >= 4 is 17.5 Å². The molecule has 120 valence electrons. The molecule has 5 nitrogen and oxygen atoms in total. The zero-order valence-electron chi connectivity index (χ0n) is 14.1. The van der Waals surface area contributed by atoms with Gasteiger partial charge < -0.3 is 10.2 Å². The van der Waals surface area contributed by atoms with E-state index in [9.17, 15) is 9.59 Å². The number of carbonyl (C=O) groups excluding carboxylic acids is 2. The van der Waals surface area contributed by atoms with Crippen molar-refractivity contribution in [3.05, 3.63) is 58.4 Å². The Morgan fingerprint density at radius 1 is 1.04 bits per heavy atom. The van der Waals surface area contributed by atoms with E-state index < -0.39 is 0 Å². The second kappa shape index (κ2) is 6.60. The average molecular weight is 311 g/mol. The Morgan fingerprint density at radius 3 is 2.22 bits per heavy atom. The Bertz CT molecular complexity index is 747. The fourth-order valence-electron chi connectivity index (χ4n) is 2.40. The average Bonchev–Trinajstić information content (AvgIpc) is 2.47. The van der Waals surface area contributed by atoms with Crippen LogP contribution in [-0.4, -0.2) is 35.8 Å². The summed E-state index contributed by atoms with van der Waals surface area (Å²) in [6.45, 7) is 5.53. The molecule has 0 atom stereocenters. The number of benzene rings is 1. The lowest BCUT2D eigenvalue weighted by atomic mass is 10.1. The largest absolute Gasteiger partial charge is 0.345 e. The van der Waals surface area contributed by atoms with E-state index in [0.717, 1.165) is 17.0 Å². The predicted octanol–water partition coefficient (Wildman–Crippen LogP) is 2.96. The fraction of sp³-hybridized carbons (Fsp3) is 0.278. The van der Waals surface area contributed by atoms with Crippen molar-refractivity contribution in [2.24, 2.45) is 0 Å². The first-order valence-corrected chi connectivity index (χ1v) is 7.37. The molecule has 0 spiro atoms. The van der Waals surface area contributed by atoms with Crippen LogP contribution >= 0.6 is 0 Å². The van der Waals surface area contributed by atoms with Gasteiger partial charge in [0.15, 0.2) is 0 Å². The van der Waals surface area contributed by atoms with E-state index in [4.69, 9.17) is 0 Å². The van der Waals surface area contributed by atoms with Gasteiger partial charge in [-0.3, -0.25) is 14.6 Å². The van der Waals surface area contributed by atoms with Crippen LogP contribution in [0.4, 0.5) is 5.69 Å². The van der Waals surface area contributed by atoms with E-state index in [1.165, 1.54) is 4.90 Å². The summed E-state index contributed by atoms with van der Waals surface area (Å²) in [5, 5.41) is 2.88. The van der Waals surface area contributed by atoms with Crippen LogP contribution in [0.5, 0.6) is 0 Å². The summed E-state index contributed by atoms with van der Waals surface area (Å²) in [6, 6.07) is 8.80. The molecule has 1 N–H and O–H groups in total. The maximum absolute atomic E-state index is 12.5. The molecular weight excluding hydrogens is 290 g/mol. The van der Waals surface area contributed by atoms with Crippen LogP contribution in [0.3, 0.4) is 0 Å². The summed E-state index contributed by atoms with van der Waals surface area (Å²) >= 11 is 0. The van der Waals surface area contributed by atoms with Crippen LogP contribution in [0, 0.1) is 20.8 Å². The number of amides is 2. The lowest BCUT2D eigenvalue weighted by Gasteiger charge is -2.15. The standard InChI is InChI=1S/C18H21N3O2/c1-11-9-14(10-12(2)19-11)17(22)20-16-8-6-7-15(13(16)3)18(23)21(4)5/h6-10H,1-5H3,(H,20,22). The normalized spacial score (nSPS) is 10.3. The van der Waals surface area contributed by atoms with Crippen LogP contribution in [0.15, 0.2) is 30.3 Å². The summed E-state index contributed by atoms with van der Waals surface area (Å²) in [6.07, 6.45) is 0. The number of hydrogen-bond donors (Lipinski definition) is 1. The van der Waals surface area contributed by atoms with Gasteiger partial charge in [-0.1, -0.05) is 6.07 Å². The van der Waals surface area contributed by atoms with Crippen molar-refractivity contribution in [1.29, 1.82) is 0 Å². The van der Waals surface area contributed by atoms with Gasteiger partial charge in [0, 0.05) is 42.3 Å². The Kier molecular flexibility index (Phi) is 4.79. The Labute approximate surface area is 136 Å². The number of carbonyl (C=O) groups is 2. The molecular formula is C18H21N3O2. The Balaban J connectivity index is 2.31. The molecule has 0 unspecified atom stereocenters. The van der Waals surface area contributed by atoms with Crippen molar-refractivity contribution in [3.63, 3.8) is 0 Å². The lowest BCUT2D eigenvalue weighted by Crippen LogP contribution is -2.23. The SMILES string of the molecule is Cc1cc(C(=O)Nc2cccc(C(=O)N(C)C)c2C)cc(C)n1. The van der Waals surface area contributed by atoms with Crippen LogP contribution < -0.4 is 5.32 Å². The van der Waals surface area contributed by atoms with Gasteiger partial charge in [0.1, 0.15) is 0 Å². The number of anilines is 1. The molecule has 0 radical (unpaired) electrons. The topological polar surface area (TPSA) is 62.3 Å². The molecule has 23 heavy (non-hydrogen) atoms. The second-order valence-electron chi connectivity index (χ2n) is 5.77. The summed E-state index contributed by atoms with van der Waals surface area (Å²) in [7, 11) is 3.41. The maximum atomic E-state index is 12.5. The molecule has 0 bridgehead atoms. The molecule has 1 heterocycles. The quantitative estimate of drug-likeness (QED) is 0.948. The van der Waals surface area contributed by atoms with E-state index in [-0.39, 0.29) is 11.8 Å². The van der Waals surface area contributed by atoms with Gasteiger partial charge >= 0.3 is 0 Å². The summed E-state index contributed by atoms with van der Waals surface area (Å²) in [5.41, 5.74) is 4.11. The number of pyridine rings is 1. The minimum Gasteiger partial charge on any atom is -0.345 e. The first-order valence-electron chi connectivity index (χ1n) is 7.37. The number of aromatic nitrogens is 1. The first-order chi connectivity index (χ1) is 10.8. The van der Waals surface area contributed by atoms with Crippen molar-refractivity contribution in [2.45, 2.75) is 20.8 Å². The molecule has 0 saturated heterocycles. The minimum atomic E-state index is -0.212. The molecule has 1 aromatic heterocycles. The van der Waals surface area contributed by atoms with E-state index >= 15 is 0 Å². The molecule has 0 saturated carbocycles. The maximum Gasteiger partial charge on any atom is 0.255 e. The molecule has 0 aliphatic rings. The second-order valence-corrected chi connectivity index (χ2v) is 5.77.